The van der Waals surface area contributed by atoms with E-state index in [1.807, 2.05) is 0 Å². The quantitative estimate of drug-likeness (QED) is 0.666. The number of benzene rings is 1. The molecule has 0 aliphatic rings. The smallest absolute Gasteiger partial charge is 0.275 e. The van der Waals surface area contributed by atoms with Gasteiger partial charge in [0.05, 0.1) is 11.8 Å². The van der Waals surface area contributed by atoms with Crippen LogP contribution in [-0.4, -0.2) is 22.2 Å². The van der Waals surface area contributed by atoms with Crippen molar-refractivity contribution in [2.75, 3.05) is 0 Å². The number of hydrazone groups is 1. The number of phenolic OH excluding ortho intramolecular Hbond substituents is 1. The van der Waals surface area contributed by atoms with Gasteiger partial charge in [0.15, 0.2) is 0 Å². The molecule has 1 heterocycles. The molecular formula is C13H10ClN3O2. The monoisotopic (exact) mass is 275 g/mol. The van der Waals surface area contributed by atoms with E-state index < -0.39 is 5.91 Å². The van der Waals surface area contributed by atoms with Gasteiger partial charge in [-0.15, -0.1) is 0 Å². The van der Waals surface area contributed by atoms with Gasteiger partial charge < -0.3 is 5.11 Å². The van der Waals surface area contributed by atoms with Gasteiger partial charge in [0.25, 0.3) is 5.91 Å². The molecule has 0 unspecified atom stereocenters. The van der Waals surface area contributed by atoms with E-state index in [-0.39, 0.29) is 11.3 Å². The van der Waals surface area contributed by atoms with Crippen LogP contribution in [0.5, 0.6) is 5.75 Å². The average Bonchev–Trinajstić information content (AvgIpc) is 2.39. The van der Waals surface area contributed by atoms with Crippen molar-refractivity contribution in [1.82, 2.24) is 10.4 Å². The first-order valence-corrected chi connectivity index (χ1v) is 5.76. The zero-order valence-corrected chi connectivity index (χ0v) is 10.5. The van der Waals surface area contributed by atoms with Gasteiger partial charge in [-0.25, -0.2) is 5.43 Å². The molecule has 5 nitrogen and oxygen atoms in total. The topological polar surface area (TPSA) is 74.6 Å². The first-order valence-electron chi connectivity index (χ1n) is 5.39. The lowest BCUT2D eigenvalue weighted by molar-refractivity contribution is 0.0952. The Morgan fingerprint density at radius 3 is 2.74 bits per heavy atom. The summed E-state index contributed by atoms with van der Waals surface area (Å²) in [6, 6.07) is 7.73. The molecule has 0 saturated carbocycles. The van der Waals surface area contributed by atoms with Crippen molar-refractivity contribution in [3.05, 3.63) is 58.9 Å². The molecule has 2 aromatic rings. The summed E-state index contributed by atoms with van der Waals surface area (Å²) in [5, 5.41) is 13.7. The SMILES string of the molecule is O=C(N/N=C\c1ccncc1)c1ccc(Cl)cc1O. The summed E-state index contributed by atoms with van der Waals surface area (Å²) in [6.07, 6.45) is 4.72. The Balaban J connectivity index is 2.04. The fraction of sp³-hybridized carbons (Fsp3) is 0. The molecule has 0 radical (unpaired) electrons. The van der Waals surface area contributed by atoms with Gasteiger partial charge >= 0.3 is 0 Å². The third kappa shape index (κ3) is 3.53. The minimum absolute atomic E-state index is 0.108. The molecule has 2 N–H and O–H groups in total. The van der Waals surface area contributed by atoms with Gasteiger partial charge in [-0.05, 0) is 35.9 Å². The zero-order chi connectivity index (χ0) is 13.7. The van der Waals surface area contributed by atoms with E-state index in [4.69, 9.17) is 11.6 Å². The summed E-state index contributed by atoms with van der Waals surface area (Å²) < 4.78 is 0. The molecule has 0 aliphatic carbocycles. The van der Waals surface area contributed by atoms with Crippen molar-refractivity contribution in [3.8, 4) is 5.75 Å². The van der Waals surface area contributed by atoms with Gasteiger partial charge in [-0.1, -0.05) is 11.6 Å². The van der Waals surface area contributed by atoms with E-state index in [0.29, 0.717) is 5.02 Å². The van der Waals surface area contributed by atoms with Gasteiger partial charge in [0.2, 0.25) is 0 Å². The first kappa shape index (κ1) is 13.0. The fourth-order valence-corrected chi connectivity index (χ4v) is 1.54. The molecule has 0 fully saturated rings. The second kappa shape index (κ2) is 5.97. The number of carbonyl (C=O) groups is 1. The Kier molecular flexibility index (Phi) is 4.10. The number of amides is 1. The van der Waals surface area contributed by atoms with Crippen molar-refractivity contribution in [3.63, 3.8) is 0 Å². The average molecular weight is 276 g/mol. The lowest BCUT2D eigenvalue weighted by Gasteiger charge is -2.02. The summed E-state index contributed by atoms with van der Waals surface area (Å²) in [5.41, 5.74) is 3.22. The molecule has 0 aliphatic heterocycles. The third-order valence-corrected chi connectivity index (χ3v) is 2.53. The molecule has 1 amide bonds. The largest absolute Gasteiger partial charge is 0.507 e. The Morgan fingerprint density at radius 2 is 2.05 bits per heavy atom. The molecule has 6 heteroatoms. The minimum atomic E-state index is -0.514. The number of rotatable bonds is 3. The van der Waals surface area contributed by atoms with Gasteiger partial charge in [-0.3, -0.25) is 9.78 Å². The summed E-state index contributed by atoms with van der Waals surface area (Å²) in [7, 11) is 0. The number of pyridine rings is 1. The third-order valence-electron chi connectivity index (χ3n) is 2.29. The van der Waals surface area contributed by atoms with Gasteiger partial charge in [-0.2, -0.15) is 5.10 Å². The Bertz CT molecular complexity index is 615. The highest BCUT2D eigenvalue weighted by molar-refractivity contribution is 6.30. The van der Waals surface area contributed by atoms with E-state index in [1.165, 1.54) is 24.4 Å². The maximum atomic E-state index is 11.7. The molecule has 1 aromatic heterocycles. The zero-order valence-electron chi connectivity index (χ0n) is 9.75. The van der Waals surface area contributed by atoms with Gasteiger partial charge in [0.1, 0.15) is 5.75 Å². The van der Waals surface area contributed by atoms with Crippen LogP contribution in [0, 0.1) is 0 Å². The van der Waals surface area contributed by atoms with Crippen LogP contribution in [0.4, 0.5) is 0 Å². The Morgan fingerprint density at radius 1 is 1.32 bits per heavy atom. The number of halogens is 1. The van der Waals surface area contributed by atoms with Crippen LogP contribution >= 0.6 is 11.6 Å². The maximum Gasteiger partial charge on any atom is 0.275 e. The standard InChI is InChI=1S/C13H10ClN3O2/c14-10-1-2-11(12(18)7-10)13(19)17-16-8-9-3-5-15-6-4-9/h1-8,18H,(H,17,19)/b16-8-. The second-order valence-corrected chi connectivity index (χ2v) is 4.08. The molecule has 2 rings (SSSR count). The molecule has 19 heavy (non-hydrogen) atoms. The van der Waals surface area contributed by atoms with E-state index in [9.17, 15) is 9.90 Å². The van der Waals surface area contributed by atoms with Crippen LogP contribution in [0.15, 0.2) is 47.8 Å². The molecule has 0 spiro atoms. The normalized spacial score (nSPS) is 10.6. The number of nitrogens with one attached hydrogen (secondary N) is 1. The number of hydrogen-bond donors (Lipinski definition) is 2. The minimum Gasteiger partial charge on any atom is -0.507 e. The van der Waals surface area contributed by atoms with Crippen LogP contribution in [0.3, 0.4) is 0 Å². The molecular weight excluding hydrogens is 266 g/mol. The van der Waals surface area contributed by atoms with Crippen LogP contribution in [0.1, 0.15) is 15.9 Å². The predicted octanol–water partition coefficient (Wildman–Crippen LogP) is 2.20. The lowest BCUT2D eigenvalue weighted by Crippen LogP contribution is -2.17. The van der Waals surface area contributed by atoms with Crippen molar-refractivity contribution in [2.45, 2.75) is 0 Å². The molecule has 1 aromatic carbocycles. The van der Waals surface area contributed by atoms with Crippen LogP contribution < -0.4 is 5.43 Å². The fourth-order valence-electron chi connectivity index (χ4n) is 1.37. The summed E-state index contributed by atoms with van der Waals surface area (Å²) in [5.74, 6) is -0.705. The molecule has 96 valence electrons. The maximum absolute atomic E-state index is 11.7. The number of carbonyl (C=O) groups excluding carboxylic acids is 1. The molecule has 0 atom stereocenters. The first-order chi connectivity index (χ1) is 9.16. The Labute approximate surface area is 114 Å². The van der Waals surface area contributed by atoms with Crippen LogP contribution in [-0.2, 0) is 0 Å². The number of aromatic nitrogens is 1. The Hall–Kier alpha value is -2.40. The molecule has 0 bridgehead atoms. The van der Waals surface area contributed by atoms with E-state index in [2.05, 4.69) is 15.5 Å². The van der Waals surface area contributed by atoms with Gasteiger partial charge in [0, 0.05) is 17.4 Å². The number of aromatic hydroxyl groups is 1. The van der Waals surface area contributed by atoms with E-state index in [1.54, 1.807) is 24.5 Å². The summed E-state index contributed by atoms with van der Waals surface area (Å²) in [6.45, 7) is 0. The number of phenols is 1. The van der Waals surface area contributed by atoms with Crippen LogP contribution in [0.25, 0.3) is 0 Å². The highest BCUT2D eigenvalue weighted by Crippen LogP contribution is 2.21. The van der Waals surface area contributed by atoms with Crippen molar-refractivity contribution in [1.29, 1.82) is 0 Å². The van der Waals surface area contributed by atoms with Crippen LogP contribution in [0.2, 0.25) is 5.02 Å². The summed E-state index contributed by atoms with van der Waals surface area (Å²) >= 11 is 5.68. The molecule has 0 saturated heterocycles. The predicted molar refractivity (Wildman–Crippen MR) is 72.4 cm³/mol. The highest BCUT2D eigenvalue weighted by Gasteiger charge is 2.10. The van der Waals surface area contributed by atoms with Crippen molar-refractivity contribution in [2.24, 2.45) is 5.10 Å². The lowest BCUT2D eigenvalue weighted by atomic mass is 10.2. The van der Waals surface area contributed by atoms with Crippen molar-refractivity contribution >= 4 is 23.7 Å². The number of nitrogens with zero attached hydrogens (tertiary/aromatic N) is 2. The second-order valence-electron chi connectivity index (χ2n) is 3.64. The highest BCUT2D eigenvalue weighted by atomic mass is 35.5. The number of hydrogen-bond acceptors (Lipinski definition) is 4. The van der Waals surface area contributed by atoms with Crippen molar-refractivity contribution < 1.29 is 9.90 Å². The summed E-state index contributed by atoms with van der Waals surface area (Å²) in [4.78, 5) is 15.6. The van der Waals surface area contributed by atoms with E-state index in [0.717, 1.165) is 5.56 Å². The van der Waals surface area contributed by atoms with E-state index >= 15 is 0 Å².